The predicted octanol–water partition coefficient (Wildman–Crippen LogP) is 0.992. The monoisotopic (exact) mass is 392 g/mol. The third-order valence-corrected chi connectivity index (χ3v) is 5.80. The molecule has 0 saturated carbocycles. The van der Waals surface area contributed by atoms with E-state index in [1.54, 1.807) is 35.8 Å². The molecule has 1 unspecified atom stereocenters. The van der Waals surface area contributed by atoms with E-state index in [0.29, 0.717) is 30.0 Å². The molecule has 3 fully saturated rings. The third kappa shape index (κ3) is 2.30. The molecule has 0 aromatic carbocycles. The minimum Gasteiger partial charge on any atom is -0.361 e. The second-order valence-corrected chi connectivity index (χ2v) is 7.52. The SMILES string of the molecule is Cc1cc(C(=O)N2C[C@H]3CC2[C@@H]2C(=O)N(c4cnc(C#N)c(C)c4)C(=O)N32)no1. The Balaban J connectivity index is 1.45. The van der Waals surface area contributed by atoms with E-state index < -0.39 is 18.1 Å². The minimum atomic E-state index is -0.728. The molecule has 0 spiro atoms. The van der Waals surface area contributed by atoms with Gasteiger partial charge in [-0.25, -0.2) is 14.7 Å². The van der Waals surface area contributed by atoms with E-state index in [2.05, 4.69) is 10.1 Å². The third-order valence-electron chi connectivity index (χ3n) is 5.80. The lowest BCUT2D eigenvalue weighted by molar-refractivity contribution is -0.121. The number of carbonyl (C=O) groups is 3. The number of rotatable bonds is 2. The van der Waals surface area contributed by atoms with Gasteiger partial charge in [-0.15, -0.1) is 0 Å². The van der Waals surface area contributed by atoms with Crippen molar-refractivity contribution in [3.63, 3.8) is 0 Å². The lowest BCUT2D eigenvalue weighted by Gasteiger charge is -2.34. The van der Waals surface area contributed by atoms with Crippen molar-refractivity contribution in [1.29, 1.82) is 5.26 Å². The summed E-state index contributed by atoms with van der Waals surface area (Å²) in [6.45, 7) is 3.75. The van der Waals surface area contributed by atoms with Crippen LogP contribution in [0.1, 0.15) is 33.9 Å². The van der Waals surface area contributed by atoms with Crippen molar-refractivity contribution in [3.05, 3.63) is 41.0 Å². The number of hydrogen-bond donors (Lipinski definition) is 0. The van der Waals surface area contributed by atoms with Gasteiger partial charge in [0.2, 0.25) is 0 Å². The maximum absolute atomic E-state index is 13.2. The summed E-state index contributed by atoms with van der Waals surface area (Å²) in [5, 5.41) is 12.8. The summed E-state index contributed by atoms with van der Waals surface area (Å²) in [5.41, 5.74) is 1.35. The largest absolute Gasteiger partial charge is 0.361 e. The molecule has 5 rings (SSSR count). The van der Waals surface area contributed by atoms with Gasteiger partial charge < -0.3 is 14.3 Å². The van der Waals surface area contributed by atoms with E-state index in [1.165, 1.54) is 6.20 Å². The normalized spacial score (nSPS) is 25.0. The summed E-state index contributed by atoms with van der Waals surface area (Å²) in [7, 11) is 0. The zero-order valence-corrected chi connectivity index (χ0v) is 15.7. The summed E-state index contributed by atoms with van der Waals surface area (Å²) in [6.07, 6.45) is 1.91. The lowest BCUT2D eigenvalue weighted by Crippen LogP contribution is -2.54. The summed E-state index contributed by atoms with van der Waals surface area (Å²) in [5.74, 6) is -0.160. The van der Waals surface area contributed by atoms with Crippen LogP contribution in [0.4, 0.5) is 10.5 Å². The molecule has 0 aliphatic carbocycles. The Bertz CT molecular complexity index is 1120. The molecule has 3 aliphatic heterocycles. The van der Waals surface area contributed by atoms with Crippen LogP contribution in [0, 0.1) is 25.2 Å². The van der Waals surface area contributed by atoms with Gasteiger partial charge in [-0.1, -0.05) is 5.16 Å². The number of anilines is 1. The van der Waals surface area contributed by atoms with E-state index in [-0.39, 0.29) is 29.2 Å². The molecule has 2 aromatic heterocycles. The van der Waals surface area contributed by atoms with Crippen molar-refractivity contribution in [3.8, 4) is 6.07 Å². The number of nitrogens with zero attached hydrogens (tertiary/aromatic N) is 6. The molecule has 0 radical (unpaired) electrons. The first kappa shape index (κ1) is 17.4. The van der Waals surface area contributed by atoms with E-state index in [0.717, 1.165) is 4.90 Å². The van der Waals surface area contributed by atoms with Gasteiger partial charge in [-0.2, -0.15) is 5.26 Å². The number of urea groups is 1. The Kier molecular flexibility index (Phi) is 3.52. The van der Waals surface area contributed by atoms with Crippen LogP contribution in [-0.4, -0.2) is 62.5 Å². The first-order chi connectivity index (χ1) is 13.9. The number of aryl methyl sites for hydroxylation is 2. The van der Waals surface area contributed by atoms with Crippen molar-refractivity contribution in [2.45, 2.75) is 38.4 Å². The first-order valence-electron chi connectivity index (χ1n) is 9.18. The van der Waals surface area contributed by atoms with Gasteiger partial charge in [0.15, 0.2) is 5.69 Å². The second kappa shape index (κ2) is 5.88. The molecule has 5 heterocycles. The molecular weight excluding hydrogens is 376 g/mol. The Morgan fingerprint density at radius 3 is 2.76 bits per heavy atom. The Hall–Kier alpha value is -3.74. The van der Waals surface area contributed by atoms with Crippen molar-refractivity contribution >= 4 is 23.5 Å². The standard InChI is InChI=1S/C19H16N6O4/c1-9-3-11(7-21-14(9)6-20)25-18(27)16-15-5-12(24(16)19(25)28)8-23(15)17(26)13-4-10(2)29-22-13/h3-4,7,12,15-16H,5,8H2,1-2H3/t12-,15?,16-/m1/s1. The van der Waals surface area contributed by atoms with Gasteiger partial charge in [-0.3, -0.25) is 9.59 Å². The topological polar surface area (TPSA) is 124 Å². The number of pyridine rings is 1. The summed E-state index contributed by atoms with van der Waals surface area (Å²) in [4.78, 5) is 47.3. The van der Waals surface area contributed by atoms with E-state index in [4.69, 9.17) is 9.78 Å². The number of amides is 4. The molecule has 4 amide bonds. The Labute approximate surface area is 165 Å². The fourth-order valence-corrected chi connectivity index (χ4v) is 4.54. The van der Waals surface area contributed by atoms with Gasteiger partial charge in [0, 0.05) is 12.6 Å². The number of nitriles is 1. The predicted molar refractivity (Wildman–Crippen MR) is 96.7 cm³/mol. The molecule has 2 aromatic rings. The Morgan fingerprint density at radius 2 is 2.10 bits per heavy atom. The molecule has 10 nitrogen and oxygen atoms in total. The van der Waals surface area contributed by atoms with E-state index >= 15 is 0 Å². The number of piperazine rings is 1. The maximum Gasteiger partial charge on any atom is 0.332 e. The highest BCUT2D eigenvalue weighted by Gasteiger charge is 2.63. The second-order valence-electron chi connectivity index (χ2n) is 7.52. The van der Waals surface area contributed by atoms with Crippen LogP contribution in [0.5, 0.6) is 0 Å². The van der Waals surface area contributed by atoms with Crippen LogP contribution in [0.3, 0.4) is 0 Å². The average molecular weight is 392 g/mol. The van der Waals surface area contributed by atoms with Crippen LogP contribution in [0.15, 0.2) is 22.9 Å². The van der Waals surface area contributed by atoms with Crippen molar-refractivity contribution in [1.82, 2.24) is 19.9 Å². The van der Waals surface area contributed by atoms with E-state index in [1.807, 2.05) is 6.07 Å². The molecule has 10 heteroatoms. The lowest BCUT2D eigenvalue weighted by atomic mass is 10.1. The number of carbonyl (C=O) groups excluding carboxylic acids is 3. The number of aromatic nitrogens is 2. The molecular formula is C19H16N6O4. The number of fused-ring (bicyclic) bond motifs is 5. The van der Waals surface area contributed by atoms with Gasteiger partial charge in [-0.05, 0) is 31.9 Å². The van der Waals surface area contributed by atoms with Gasteiger partial charge >= 0.3 is 6.03 Å². The highest BCUT2D eigenvalue weighted by atomic mass is 16.5. The van der Waals surface area contributed by atoms with E-state index in [9.17, 15) is 14.4 Å². The van der Waals surface area contributed by atoms with Crippen LogP contribution in [0.25, 0.3) is 0 Å². The van der Waals surface area contributed by atoms with Crippen molar-refractivity contribution in [2.24, 2.45) is 0 Å². The number of imide groups is 1. The minimum absolute atomic E-state index is 0.196. The fraction of sp³-hybridized carbons (Fsp3) is 0.368. The smallest absolute Gasteiger partial charge is 0.332 e. The molecule has 0 N–H and O–H groups in total. The zero-order chi connectivity index (χ0) is 20.4. The van der Waals surface area contributed by atoms with Crippen LogP contribution >= 0.6 is 0 Å². The number of likely N-dealkylation sites (tertiary alicyclic amines) is 1. The molecule has 3 saturated heterocycles. The van der Waals surface area contributed by atoms with Gasteiger partial charge in [0.1, 0.15) is 23.6 Å². The Morgan fingerprint density at radius 1 is 1.31 bits per heavy atom. The van der Waals surface area contributed by atoms with Gasteiger partial charge in [0.25, 0.3) is 11.8 Å². The molecule has 2 bridgehead atoms. The maximum atomic E-state index is 13.2. The van der Waals surface area contributed by atoms with Gasteiger partial charge in [0.05, 0.1) is 24.0 Å². The highest BCUT2D eigenvalue weighted by molar-refractivity contribution is 6.22. The molecule has 146 valence electrons. The van der Waals surface area contributed by atoms with Crippen LogP contribution < -0.4 is 4.90 Å². The average Bonchev–Trinajstić information content (AvgIpc) is 3.45. The first-order valence-corrected chi connectivity index (χ1v) is 9.18. The summed E-state index contributed by atoms with van der Waals surface area (Å²) >= 11 is 0. The highest BCUT2D eigenvalue weighted by Crippen LogP contribution is 2.42. The fourth-order valence-electron chi connectivity index (χ4n) is 4.54. The summed E-state index contributed by atoms with van der Waals surface area (Å²) < 4.78 is 4.99. The molecule has 3 atom stereocenters. The van der Waals surface area contributed by atoms with Crippen molar-refractivity contribution in [2.75, 3.05) is 11.4 Å². The molecule has 3 aliphatic rings. The summed E-state index contributed by atoms with van der Waals surface area (Å²) in [6, 6.07) is 3.36. The quantitative estimate of drug-likeness (QED) is 0.698. The number of hydrogen-bond acceptors (Lipinski definition) is 7. The zero-order valence-electron chi connectivity index (χ0n) is 15.7. The van der Waals surface area contributed by atoms with Crippen LogP contribution in [0.2, 0.25) is 0 Å². The molecule has 29 heavy (non-hydrogen) atoms. The van der Waals surface area contributed by atoms with Crippen molar-refractivity contribution < 1.29 is 18.9 Å². The van der Waals surface area contributed by atoms with Crippen LogP contribution in [-0.2, 0) is 4.79 Å².